The first-order valence-corrected chi connectivity index (χ1v) is 12.0. The number of nitrogens with zero attached hydrogens (tertiary/aromatic N) is 2. The number of hydrogen-bond donors (Lipinski definition) is 1. The van der Waals surface area contributed by atoms with Gasteiger partial charge in [0.25, 0.3) is 0 Å². The van der Waals surface area contributed by atoms with Gasteiger partial charge in [-0.15, -0.1) is 0 Å². The number of aryl methyl sites for hydroxylation is 1. The van der Waals surface area contributed by atoms with Gasteiger partial charge in [0.15, 0.2) is 11.6 Å². The van der Waals surface area contributed by atoms with Crippen LogP contribution in [0.5, 0.6) is 5.75 Å². The molecule has 2 heterocycles. The van der Waals surface area contributed by atoms with Gasteiger partial charge in [-0.25, -0.2) is 13.2 Å². The van der Waals surface area contributed by atoms with Crippen LogP contribution in [0.4, 0.5) is 13.2 Å². The summed E-state index contributed by atoms with van der Waals surface area (Å²) in [5.41, 5.74) is 0.498. The maximum atomic E-state index is 14.6. The van der Waals surface area contributed by atoms with Gasteiger partial charge in [0.1, 0.15) is 11.6 Å². The van der Waals surface area contributed by atoms with E-state index in [1.807, 2.05) is 0 Å². The lowest BCUT2D eigenvalue weighted by molar-refractivity contribution is -0.152. The first-order chi connectivity index (χ1) is 17.3. The number of piperidine rings is 1. The van der Waals surface area contributed by atoms with E-state index < -0.39 is 28.8 Å². The van der Waals surface area contributed by atoms with E-state index in [1.54, 1.807) is 37.5 Å². The molecule has 1 N–H and O–H groups in total. The molecule has 5 nitrogen and oxygen atoms in total. The van der Waals surface area contributed by atoms with Gasteiger partial charge in [-0.05, 0) is 75.0 Å². The predicted octanol–water partition coefficient (Wildman–Crippen LogP) is 5.86. The normalized spacial score (nSPS) is 16.0. The average Bonchev–Trinajstić information content (AvgIpc) is 2.88. The molecule has 0 spiro atoms. The van der Waals surface area contributed by atoms with Gasteiger partial charge in [0.2, 0.25) is 0 Å². The Morgan fingerprint density at radius 2 is 1.94 bits per heavy atom. The number of likely N-dealkylation sites (tertiary alicyclic amines) is 1. The van der Waals surface area contributed by atoms with Crippen molar-refractivity contribution in [2.45, 2.75) is 32.1 Å². The fourth-order valence-electron chi connectivity index (χ4n) is 4.90. The minimum atomic E-state index is -0.889. The average molecular weight is 499 g/mol. The lowest BCUT2D eigenvalue weighted by Gasteiger charge is -2.38. The molecule has 0 bridgehead atoms. The van der Waals surface area contributed by atoms with Crippen LogP contribution in [0.3, 0.4) is 0 Å². The molecule has 190 valence electrons. The van der Waals surface area contributed by atoms with E-state index in [2.05, 4.69) is 9.88 Å². The quantitative estimate of drug-likeness (QED) is 0.400. The fraction of sp³-hybridized carbons (Fsp3) is 0.357. The monoisotopic (exact) mass is 498 g/mol. The number of fused-ring (bicyclic) bond motifs is 1. The highest BCUT2D eigenvalue weighted by atomic mass is 19.2. The third-order valence-electron chi connectivity index (χ3n) is 7.13. The topological polar surface area (TPSA) is 62.7 Å². The summed E-state index contributed by atoms with van der Waals surface area (Å²) < 4.78 is 47.1. The first kappa shape index (κ1) is 25.7. The van der Waals surface area contributed by atoms with Crippen LogP contribution in [-0.2, 0) is 11.2 Å². The summed E-state index contributed by atoms with van der Waals surface area (Å²) in [6.45, 7) is 1.67. The lowest BCUT2D eigenvalue weighted by atomic mass is 9.74. The molecule has 2 aromatic carbocycles. The Bertz CT molecular complexity index is 1270. The summed E-state index contributed by atoms with van der Waals surface area (Å²) in [5, 5.41) is 10.7. The number of aromatic nitrogens is 1. The Morgan fingerprint density at radius 3 is 2.67 bits per heavy atom. The highest BCUT2D eigenvalue weighted by Gasteiger charge is 2.40. The van der Waals surface area contributed by atoms with Crippen molar-refractivity contribution in [3.8, 4) is 5.75 Å². The molecule has 1 aliphatic rings. The second kappa shape index (κ2) is 11.1. The number of pyridine rings is 1. The molecule has 0 radical (unpaired) electrons. The molecule has 0 unspecified atom stereocenters. The third-order valence-corrected chi connectivity index (χ3v) is 7.13. The lowest BCUT2D eigenvalue weighted by Crippen LogP contribution is -2.44. The molecular formula is C28H29F3N2O3. The van der Waals surface area contributed by atoms with Crippen LogP contribution in [0, 0.1) is 22.9 Å². The third kappa shape index (κ3) is 5.54. The minimum Gasteiger partial charge on any atom is -0.497 e. The van der Waals surface area contributed by atoms with Gasteiger partial charge < -0.3 is 9.84 Å². The maximum absolute atomic E-state index is 14.6. The number of ether oxygens (including phenoxy) is 1. The smallest absolute Gasteiger partial charge is 0.309 e. The van der Waals surface area contributed by atoms with Gasteiger partial charge in [0.05, 0.1) is 24.2 Å². The van der Waals surface area contributed by atoms with Crippen LogP contribution in [0.1, 0.15) is 36.8 Å². The largest absolute Gasteiger partial charge is 0.497 e. The molecule has 1 aliphatic heterocycles. The van der Waals surface area contributed by atoms with Crippen molar-refractivity contribution >= 4 is 22.9 Å². The van der Waals surface area contributed by atoms with E-state index in [1.165, 1.54) is 18.3 Å². The number of carboxylic acid groups (broad SMARTS) is 1. The van der Waals surface area contributed by atoms with E-state index in [0.717, 1.165) is 6.07 Å². The summed E-state index contributed by atoms with van der Waals surface area (Å²) in [4.78, 5) is 18.5. The van der Waals surface area contributed by atoms with Gasteiger partial charge >= 0.3 is 5.97 Å². The SMILES string of the molecule is COc1ccc2ncc(F)c(CCCC3(C(=O)O)CCN(C/C=C/c4cccc(F)c4F)CC3)c2c1. The molecule has 1 fully saturated rings. The van der Waals surface area contributed by atoms with Crippen LogP contribution in [-0.4, -0.2) is 47.7 Å². The van der Waals surface area contributed by atoms with Crippen molar-refractivity contribution in [3.63, 3.8) is 0 Å². The molecule has 0 amide bonds. The summed E-state index contributed by atoms with van der Waals surface area (Å²) in [6.07, 6.45) is 6.82. The summed E-state index contributed by atoms with van der Waals surface area (Å²) in [5.74, 6) is -2.40. The standard InChI is InChI=1S/C28H29F3N2O3/c1-36-20-9-10-25-22(17-20)21(24(30)18-32-25)7-3-11-28(27(34)35)12-15-33(16-13-28)14-4-6-19-5-2-8-23(29)26(19)31/h2,4-6,8-10,17-18H,3,7,11-16H2,1H3,(H,34,35)/b6-4+. The maximum Gasteiger partial charge on any atom is 0.309 e. The first-order valence-electron chi connectivity index (χ1n) is 12.0. The molecule has 3 aromatic rings. The predicted molar refractivity (Wildman–Crippen MR) is 132 cm³/mol. The second-order valence-corrected chi connectivity index (χ2v) is 9.25. The van der Waals surface area contributed by atoms with Gasteiger partial charge in [-0.1, -0.05) is 24.3 Å². The molecular weight excluding hydrogens is 469 g/mol. The van der Waals surface area contributed by atoms with Crippen molar-refractivity contribution in [2.75, 3.05) is 26.7 Å². The van der Waals surface area contributed by atoms with Crippen molar-refractivity contribution in [3.05, 3.63) is 77.2 Å². The molecule has 0 aliphatic carbocycles. The zero-order valence-corrected chi connectivity index (χ0v) is 20.1. The summed E-state index contributed by atoms with van der Waals surface area (Å²) >= 11 is 0. The van der Waals surface area contributed by atoms with Crippen LogP contribution in [0.15, 0.2) is 48.7 Å². The zero-order valence-electron chi connectivity index (χ0n) is 20.1. The highest BCUT2D eigenvalue weighted by molar-refractivity contribution is 5.83. The van der Waals surface area contributed by atoms with E-state index in [9.17, 15) is 23.1 Å². The van der Waals surface area contributed by atoms with Crippen molar-refractivity contribution in [2.24, 2.45) is 5.41 Å². The van der Waals surface area contributed by atoms with Gasteiger partial charge in [-0.3, -0.25) is 14.7 Å². The Hall–Kier alpha value is -3.39. The number of halogens is 3. The van der Waals surface area contributed by atoms with E-state index in [0.29, 0.717) is 74.0 Å². The number of aliphatic carboxylic acids is 1. The molecule has 1 saturated heterocycles. The number of benzene rings is 2. The van der Waals surface area contributed by atoms with Gasteiger partial charge in [-0.2, -0.15) is 0 Å². The Balaban J connectivity index is 1.37. The molecule has 1 aromatic heterocycles. The molecule has 0 saturated carbocycles. The van der Waals surface area contributed by atoms with Crippen molar-refractivity contribution in [1.29, 1.82) is 0 Å². The van der Waals surface area contributed by atoms with Crippen molar-refractivity contribution < 1.29 is 27.8 Å². The molecule has 4 rings (SSSR count). The molecule has 8 heteroatoms. The molecule has 36 heavy (non-hydrogen) atoms. The zero-order chi connectivity index (χ0) is 25.7. The molecule has 0 atom stereocenters. The van der Waals surface area contributed by atoms with Crippen LogP contribution >= 0.6 is 0 Å². The number of rotatable bonds is 9. The Morgan fingerprint density at radius 1 is 1.17 bits per heavy atom. The second-order valence-electron chi connectivity index (χ2n) is 9.25. The van der Waals surface area contributed by atoms with E-state index in [-0.39, 0.29) is 5.56 Å². The fourth-order valence-corrected chi connectivity index (χ4v) is 4.90. The van der Waals surface area contributed by atoms with Crippen LogP contribution < -0.4 is 4.74 Å². The number of carboxylic acids is 1. The summed E-state index contributed by atoms with van der Waals surface area (Å²) in [7, 11) is 1.55. The number of hydrogen-bond acceptors (Lipinski definition) is 4. The number of methoxy groups -OCH3 is 1. The van der Waals surface area contributed by atoms with Crippen LogP contribution in [0.2, 0.25) is 0 Å². The van der Waals surface area contributed by atoms with E-state index >= 15 is 0 Å². The minimum absolute atomic E-state index is 0.181. The Kier molecular flexibility index (Phi) is 7.94. The highest BCUT2D eigenvalue weighted by Crippen LogP contribution is 2.37. The van der Waals surface area contributed by atoms with Gasteiger partial charge in [0, 0.05) is 17.5 Å². The summed E-state index contributed by atoms with van der Waals surface area (Å²) in [6, 6.07) is 9.35. The van der Waals surface area contributed by atoms with E-state index in [4.69, 9.17) is 4.74 Å². The van der Waals surface area contributed by atoms with Crippen LogP contribution in [0.25, 0.3) is 17.0 Å². The number of carbonyl (C=O) groups is 1. The van der Waals surface area contributed by atoms with Crippen molar-refractivity contribution in [1.82, 2.24) is 9.88 Å². The Labute approximate surface area is 208 Å².